The van der Waals surface area contributed by atoms with Gasteiger partial charge in [-0.3, -0.25) is 10.1 Å². The monoisotopic (exact) mass is 317 g/mol. The van der Waals surface area contributed by atoms with E-state index in [1.165, 1.54) is 0 Å². The van der Waals surface area contributed by atoms with Gasteiger partial charge < -0.3 is 5.73 Å². The number of halogens is 1. The molecule has 0 spiro atoms. The number of benzene rings is 1. The summed E-state index contributed by atoms with van der Waals surface area (Å²) in [5.74, 6) is -0.866. The Labute approximate surface area is 121 Å². The average molecular weight is 317 g/mol. The van der Waals surface area contributed by atoms with Crippen LogP contribution in [0, 0.1) is 15.9 Å². The first-order valence-electron chi connectivity index (χ1n) is 6.48. The summed E-state index contributed by atoms with van der Waals surface area (Å²) in [5.41, 5.74) is 4.09. The zero-order chi connectivity index (χ0) is 15.7. The van der Waals surface area contributed by atoms with Gasteiger partial charge in [0.1, 0.15) is 5.82 Å². The molecule has 1 aliphatic carbocycles. The van der Waals surface area contributed by atoms with Crippen LogP contribution >= 0.6 is 0 Å². The quantitative estimate of drug-likeness (QED) is 0.627. The molecule has 1 aromatic carbocycles. The molecule has 0 unspecified atom stereocenters. The first kappa shape index (κ1) is 15.8. The van der Waals surface area contributed by atoms with Crippen molar-refractivity contribution in [1.29, 1.82) is 0 Å². The summed E-state index contributed by atoms with van der Waals surface area (Å²) in [4.78, 5) is 9.47. The highest BCUT2D eigenvalue weighted by molar-refractivity contribution is 7.89. The fraction of sp³-hybridized carbons (Fsp3) is 0.500. The van der Waals surface area contributed by atoms with Crippen LogP contribution in [0.2, 0.25) is 0 Å². The molecule has 1 fully saturated rings. The van der Waals surface area contributed by atoms with E-state index in [-0.39, 0.29) is 6.54 Å². The fourth-order valence-corrected chi connectivity index (χ4v) is 4.22. The van der Waals surface area contributed by atoms with Crippen molar-refractivity contribution in [3.63, 3.8) is 0 Å². The molecule has 2 rings (SSSR count). The second-order valence-electron chi connectivity index (χ2n) is 5.17. The van der Waals surface area contributed by atoms with E-state index >= 15 is 0 Å². The molecule has 3 N–H and O–H groups in total. The van der Waals surface area contributed by atoms with Crippen molar-refractivity contribution >= 4 is 15.7 Å². The lowest BCUT2D eigenvalue weighted by molar-refractivity contribution is -0.388. The van der Waals surface area contributed by atoms with Crippen LogP contribution in [0.5, 0.6) is 0 Å². The van der Waals surface area contributed by atoms with E-state index < -0.39 is 36.9 Å². The Balaban J connectivity index is 2.42. The van der Waals surface area contributed by atoms with E-state index in [1.54, 1.807) is 0 Å². The Morgan fingerprint density at radius 1 is 1.38 bits per heavy atom. The molecule has 1 aliphatic rings. The average Bonchev–Trinajstić information content (AvgIpc) is 2.86. The van der Waals surface area contributed by atoms with E-state index in [1.807, 2.05) is 0 Å². The molecule has 0 aliphatic heterocycles. The summed E-state index contributed by atoms with van der Waals surface area (Å²) in [6.45, 7) is 0.112. The molecule has 116 valence electrons. The maximum atomic E-state index is 13.1. The number of nitrogens with two attached hydrogens (primary N) is 1. The first-order valence-corrected chi connectivity index (χ1v) is 7.96. The predicted molar refractivity (Wildman–Crippen MR) is 73.6 cm³/mol. The summed E-state index contributed by atoms with van der Waals surface area (Å²) in [6, 6.07) is 2.37. The van der Waals surface area contributed by atoms with Crippen LogP contribution in [0.25, 0.3) is 0 Å². The van der Waals surface area contributed by atoms with Crippen molar-refractivity contribution in [2.24, 2.45) is 5.73 Å². The summed E-state index contributed by atoms with van der Waals surface area (Å²) in [5, 5.41) is 10.9. The molecule has 0 radical (unpaired) electrons. The fourth-order valence-electron chi connectivity index (χ4n) is 2.60. The highest BCUT2D eigenvalue weighted by atomic mass is 32.2. The maximum Gasteiger partial charge on any atom is 0.292 e. The highest BCUT2D eigenvalue weighted by Gasteiger charge is 2.38. The number of nitro groups is 1. The minimum Gasteiger partial charge on any atom is -0.329 e. The van der Waals surface area contributed by atoms with E-state index in [9.17, 15) is 22.9 Å². The van der Waals surface area contributed by atoms with Crippen molar-refractivity contribution in [1.82, 2.24) is 4.72 Å². The van der Waals surface area contributed by atoms with Crippen LogP contribution < -0.4 is 10.5 Å². The molecule has 9 heteroatoms. The topological polar surface area (TPSA) is 115 Å². The van der Waals surface area contributed by atoms with Crippen molar-refractivity contribution < 1.29 is 17.7 Å². The number of hydrogen-bond acceptors (Lipinski definition) is 5. The summed E-state index contributed by atoms with van der Waals surface area (Å²) in [7, 11) is -4.14. The van der Waals surface area contributed by atoms with Gasteiger partial charge in [-0.15, -0.1) is 0 Å². The van der Waals surface area contributed by atoms with Gasteiger partial charge in [0.2, 0.25) is 10.0 Å². The van der Waals surface area contributed by atoms with Gasteiger partial charge in [0.05, 0.1) is 11.0 Å². The van der Waals surface area contributed by atoms with Gasteiger partial charge in [-0.25, -0.2) is 17.5 Å². The second kappa shape index (κ2) is 5.66. The van der Waals surface area contributed by atoms with Crippen LogP contribution in [0.4, 0.5) is 10.1 Å². The molecule has 0 heterocycles. The number of sulfonamides is 1. The Kier molecular flexibility index (Phi) is 4.26. The summed E-state index contributed by atoms with van der Waals surface area (Å²) < 4.78 is 40.4. The molecular weight excluding hydrogens is 301 g/mol. The normalized spacial score (nSPS) is 17.8. The van der Waals surface area contributed by atoms with E-state index in [0.717, 1.165) is 25.0 Å². The SMILES string of the molecule is NCC1(NS(=O)(=O)c2ccc(F)cc2[N+](=O)[O-])CCCC1. The molecule has 21 heavy (non-hydrogen) atoms. The minimum absolute atomic E-state index is 0.112. The lowest BCUT2D eigenvalue weighted by atomic mass is 10.0. The van der Waals surface area contributed by atoms with Gasteiger partial charge in [0.15, 0.2) is 4.90 Å². The van der Waals surface area contributed by atoms with Crippen LogP contribution in [0.15, 0.2) is 23.1 Å². The number of nitrogens with one attached hydrogen (secondary N) is 1. The number of rotatable bonds is 5. The Bertz CT molecular complexity index is 656. The van der Waals surface area contributed by atoms with Crippen LogP contribution in [0.1, 0.15) is 25.7 Å². The third-order valence-corrected chi connectivity index (χ3v) is 5.34. The number of nitro benzene ring substituents is 1. The molecule has 7 nitrogen and oxygen atoms in total. The van der Waals surface area contributed by atoms with Crippen LogP contribution in [0.3, 0.4) is 0 Å². The third kappa shape index (κ3) is 3.20. The van der Waals surface area contributed by atoms with Gasteiger partial charge >= 0.3 is 0 Å². The Morgan fingerprint density at radius 2 is 2.00 bits per heavy atom. The second-order valence-corrected chi connectivity index (χ2v) is 6.82. The zero-order valence-corrected chi connectivity index (χ0v) is 12.0. The lowest BCUT2D eigenvalue weighted by Gasteiger charge is -2.28. The number of hydrogen-bond donors (Lipinski definition) is 2. The highest BCUT2D eigenvalue weighted by Crippen LogP contribution is 2.32. The smallest absolute Gasteiger partial charge is 0.292 e. The molecule has 0 aromatic heterocycles. The maximum absolute atomic E-state index is 13.1. The standard InChI is InChI=1S/C12H16FN3O4S/c13-9-3-4-11(10(7-9)16(17)18)21(19,20)15-12(8-14)5-1-2-6-12/h3-4,7,15H,1-2,5-6,8,14H2. The molecule has 1 saturated carbocycles. The Morgan fingerprint density at radius 3 is 2.52 bits per heavy atom. The van der Waals surface area contributed by atoms with E-state index in [4.69, 9.17) is 5.73 Å². The molecule has 0 atom stereocenters. The summed E-state index contributed by atoms with van der Waals surface area (Å²) in [6.07, 6.45) is 2.84. The van der Waals surface area contributed by atoms with Gasteiger partial charge in [-0.05, 0) is 25.0 Å². The predicted octanol–water partition coefficient (Wildman–Crippen LogP) is 1.28. The van der Waals surface area contributed by atoms with Gasteiger partial charge in [0, 0.05) is 12.1 Å². The van der Waals surface area contributed by atoms with Crippen molar-refractivity contribution in [2.75, 3.05) is 6.54 Å². The minimum atomic E-state index is -4.14. The van der Waals surface area contributed by atoms with Gasteiger partial charge in [0.25, 0.3) is 5.69 Å². The van der Waals surface area contributed by atoms with Crippen LogP contribution in [-0.2, 0) is 10.0 Å². The zero-order valence-electron chi connectivity index (χ0n) is 11.2. The van der Waals surface area contributed by atoms with Crippen molar-refractivity contribution in [2.45, 2.75) is 36.1 Å². The largest absolute Gasteiger partial charge is 0.329 e. The van der Waals surface area contributed by atoms with E-state index in [0.29, 0.717) is 18.9 Å². The first-order chi connectivity index (χ1) is 9.80. The van der Waals surface area contributed by atoms with Crippen molar-refractivity contribution in [3.05, 3.63) is 34.1 Å². The number of nitrogens with zero attached hydrogens (tertiary/aromatic N) is 1. The van der Waals surface area contributed by atoms with Gasteiger partial charge in [-0.2, -0.15) is 0 Å². The molecule has 0 bridgehead atoms. The van der Waals surface area contributed by atoms with Crippen molar-refractivity contribution in [3.8, 4) is 0 Å². The Hall–Kier alpha value is -1.58. The molecule has 0 amide bonds. The van der Waals surface area contributed by atoms with Crippen LogP contribution in [-0.4, -0.2) is 25.4 Å². The molecule has 0 saturated heterocycles. The molecular formula is C12H16FN3O4S. The van der Waals surface area contributed by atoms with E-state index in [2.05, 4.69) is 4.72 Å². The van der Waals surface area contributed by atoms with Gasteiger partial charge in [-0.1, -0.05) is 12.8 Å². The molecule has 1 aromatic rings. The lowest BCUT2D eigenvalue weighted by Crippen LogP contribution is -2.51. The third-order valence-electron chi connectivity index (χ3n) is 3.71. The summed E-state index contributed by atoms with van der Waals surface area (Å²) >= 11 is 0.